The second-order valence-corrected chi connectivity index (χ2v) is 5.54. The summed E-state index contributed by atoms with van der Waals surface area (Å²) in [6.45, 7) is 3.38. The van der Waals surface area contributed by atoms with E-state index in [-0.39, 0.29) is 24.2 Å². The molecule has 2 aliphatic rings. The van der Waals surface area contributed by atoms with E-state index in [4.69, 9.17) is 5.11 Å². The summed E-state index contributed by atoms with van der Waals surface area (Å²) in [4.78, 5) is 38.9. The Hall–Kier alpha value is -1.59. The predicted octanol–water partition coefficient (Wildman–Crippen LogP) is 0.711. The van der Waals surface area contributed by atoms with Crippen LogP contribution < -0.4 is 0 Å². The van der Waals surface area contributed by atoms with Gasteiger partial charge in [-0.05, 0) is 19.8 Å². The standard InChI is InChI=1S/C14H22N2O4/c1-2-15-7-8-16(11(14(15)20)9-12(17)18)13(19)10-5-3-4-6-10/h10-11H,2-9H2,1H3,(H,17,18). The average Bonchev–Trinajstić information content (AvgIpc) is 2.94. The van der Waals surface area contributed by atoms with Gasteiger partial charge in [0.2, 0.25) is 11.8 Å². The molecule has 0 aromatic rings. The number of amides is 2. The molecule has 2 amide bonds. The molecule has 6 heteroatoms. The Morgan fingerprint density at radius 3 is 2.45 bits per heavy atom. The maximum absolute atomic E-state index is 12.5. The summed E-state index contributed by atoms with van der Waals surface area (Å²) >= 11 is 0. The molecule has 2 fully saturated rings. The topological polar surface area (TPSA) is 77.9 Å². The minimum atomic E-state index is -1.04. The number of carbonyl (C=O) groups excluding carboxylic acids is 2. The van der Waals surface area contributed by atoms with Crippen molar-refractivity contribution in [3.05, 3.63) is 0 Å². The van der Waals surface area contributed by atoms with Crippen LogP contribution >= 0.6 is 0 Å². The summed E-state index contributed by atoms with van der Waals surface area (Å²) in [6.07, 6.45) is 3.52. The van der Waals surface area contributed by atoms with E-state index < -0.39 is 12.0 Å². The molecule has 0 spiro atoms. The van der Waals surface area contributed by atoms with Crippen LogP contribution in [-0.2, 0) is 14.4 Å². The number of aliphatic carboxylic acids is 1. The van der Waals surface area contributed by atoms with E-state index in [2.05, 4.69) is 0 Å². The summed E-state index contributed by atoms with van der Waals surface area (Å²) in [7, 11) is 0. The van der Waals surface area contributed by atoms with E-state index in [1.165, 1.54) is 4.90 Å². The second-order valence-electron chi connectivity index (χ2n) is 5.54. The Morgan fingerprint density at radius 2 is 1.90 bits per heavy atom. The van der Waals surface area contributed by atoms with Gasteiger partial charge < -0.3 is 14.9 Å². The molecule has 1 atom stereocenters. The van der Waals surface area contributed by atoms with Gasteiger partial charge in [-0.3, -0.25) is 14.4 Å². The largest absolute Gasteiger partial charge is 0.481 e. The minimum Gasteiger partial charge on any atom is -0.481 e. The van der Waals surface area contributed by atoms with Crippen LogP contribution in [0.4, 0.5) is 0 Å². The van der Waals surface area contributed by atoms with Crippen molar-refractivity contribution in [3.8, 4) is 0 Å². The molecule has 1 saturated heterocycles. The summed E-state index contributed by atoms with van der Waals surface area (Å²) in [5.74, 6) is -1.32. The molecule has 1 N–H and O–H groups in total. The Bertz CT molecular complexity index is 404. The number of hydrogen-bond acceptors (Lipinski definition) is 3. The van der Waals surface area contributed by atoms with Crippen molar-refractivity contribution in [1.82, 2.24) is 9.80 Å². The Kier molecular flexibility index (Phi) is 4.62. The van der Waals surface area contributed by atoms with Crippen LogP contribution in [0.2, 0.25) is 0 Å². The third-order valence-corrected chi connectivity index (χ3v) is 4.32. The number of likely N-dealkylation sites (N-methyl/N-ethyl adjacent to an activating group) is 1. The molecule has 0 aromatic heterocycles. The number of rotatable bonds is 4. The van der Waals surface area contributed by atoms with E-state index in [0.29, 0.717) is 19.6 Å². The lowest BCUT2D eigenvalue weighted by atomic mass is 10.0. The maximum Gasteiger partial charge on any atom is 0.305 e. The van der Waals surface area contributed by atoms with Gasteiger partial charge in [0.1, 0.15) is 6.04 Å². The van der Waals surface area contributed by atoms with Crippen LogP contribution in [0.15, 0.2) is 0 Å². The highest BCUT2D eigenvalue weighted by Gasteiger charge is 2.40. The zero-order valence-electron chi connectivity index (χ0n) is 11.9. The molecule has 0 aromatic carbocycles. The fraction of sp³-hybridized carbons (Fsp3) is 0.786. The van der Waals surface area contributed by atoms with Crippen molar-refractivity contribution in [3.63, 3.8) is 0 Å². The molecule has 2 rings (SSSR count). The molecule has 112 valence electrons. The zero-order chi connectivity index (χ0) is 14.7. The van der Waals surface area contributed by atoms with Gasteiger partial charge in [-0.2, -0.15) is 0 Å². The highest BCUT2D eigenvalue weighted by atomic mass is 16.4. The molecule has 6 nitrogen and oxygen atoms in total. The summed E-state index contributed by atoms with van der Waals surface area (Å²) < 4.78 is 0. The number of hydrogen-bond donors (Lipinski definition) is 1. The Morgan fingerprint density at radius 1 is 1.25 bits per heavy atom. The van der Waals surface area contributed by atoms with Crippen LogP contribution in [0, 0.1) is 5.92 Å². The molecule has 1 aliphatic heterocycles. The highest BCUT2D eigenvalue weighted by Crippen LogP contribution is 2.28. The molecular formula is C14H22N2O4. The van der Waals surface area contributed by atoms with E-state index >= 15 is 0 Å². The van der Waals surface area contributed by atoms with Gasteiger partial charge in [0.25, 0.3) is 0 Å². The highest BCUT2D eigenvalue weighted by molar-refractivity contribution is 5.92. The number of nitrogens with zero attached hydrogens (tertiary/aromatic N) is 2. The van der Waals surface area contributed by atoms with E-state index in [0.717, 1.165) is 25.7 Å². The zero-order valence-corrected chi connectivity index (χ0v) is 11.9. The van der Waals surface area contributed by atoms with Gasteiger partial charge in [0.15, 0.2) is 0 Å². The Balaban J connectivity index is 2.14. The van der Waals surface area contributed by atoms with Gasteiger partial charge in [-0.25, -0.2) is 0 Å². The number of carbonyl (C=O) groups is 3. The molecule has 1 saturated carbocycles. The van der Waals surface area contributed by atoms with Crippen molar-refractivity contribution < 1.29 is 19.5 Å². The van der Waals surface area contributed by atoms with Crippen molar-refractivity contribution in [2.24, 2.45) is 5.92 Å². The monoisotopic (exact) mass is 282 g/mol. The lowest BCUT2D eigenvalue weighted by Crippen LogP contribution is -2.60. The molecule has 20 heavy (non-hydrogen) atoms. The summed E-state index contributed by atoms with van der Waals surface area (Å²) in [5, 5.41) is 9.00. The molecule has 1 aliphatic carbocycles. The Labute approximate surface area is 118 Å². The van der Waals surface area contributed by atoms with Gasteiger partial charge >= 0.3 is 5.97 Å². The van der Waals surface area contributed by atoms with Crippen molar-refractivity contribution >= 4 is 17.8 Å². The normalized spacial score (nSPS) is 24.2. The van der Waals surface area contributed by atoms with Gasteiger partial charge in [0.05, 0.1) is 6.42 Å². The molecule has 0 radical (unpaired) electrons. The third-order valence-electron chi connectivity index (χ3n) is 4.32. The van der Waals surface area contributed by atoms with Crippen molar-refractivity contribution in [2.75, 3.05) is 19.6 Å². The van der Waals surface area contributed by atoms with Gasteiger partial charge in [0, 0.05) is 25.6 Å². The second kappa shape index (κ2) is 6.24. The van der Waals surface area contributed by atoms with Gasteiger partial charge in [-0.1, -0.05) is 12.8 Å². The predicted molar refractivity (Wildman–Crippen MR) is 72.0 cm³/mol. The first-order valence-corrected chi connectivity index (χ1v) is 7.35. The number of piperazine rings is 1. The molecule has 1 heterocycles. The number of carboxylic acid groups (broad SMARTS) is 1. The molecule has 0 bridgehead atoms. The maximum atomic E-state index is 12.5. The fourth-order valence-electron chi connectivity index (χ4n) is 3.19. The van der Waals surface area contributed by atoms with Crippen LogP contribution in [0.25, 0.3) is 0 Å². The van der Waals surface area contributed by atoms with Crippen molar-refractivity contribution in [2.45, 2.75) is 45.1 Å². The average molecular weight is 282 g/mol. The number of carboxylic acids is 1. The quantitative estimate of drug-likeness (QED) is 0.823. The van der Waals surface area contributed by atoms with Crippen LogP contribution in [0.5, 0.6) is 0 Å². The van der Waals surface area contributed by atoms with E-state index in [9.17, 15) is 14.4 Å². The first kappa shape index (κ1) is 14.8. The summed E-state index contributed by atoms with van der Waals surface area (Å²) in [5.41, 5.74) is 0. The summed E-state index contributed by atoms with van der Waals surface area (Å²) in [6, 6.07) is -0.825. The van der Waals surface area contributed by atoms with E-state index in [1.54, 1.807) is 4.90 Å². The molecule has 1 unspecified atom stereocenters. The molecular weight excluding hydrogens is 260 g/mol. The van der Waals surface area contributed by atoms with E-state index in [1.807, 2.05) is 6.92 Å². The lowest BCUT2D eigenvalue weighted by Gasteiger charge is -2.40. The first-order valence-electron chi connectivity index (χ1n) is 7.35. The van der Waals surface area contributed by atoms with Crippen LogP contribution in [-0.4, -0.2) is 58.4 Å². The first-order chi connectivity index (χ1) is 9.54. The third kappa shape index (κ3) is 2.94. The SMILES string of the molecule is CCN1CCN(C(=O)C2CCCC2)C(CC(=O)O)C1=O. The lowest BCUT2D eigenvalue weighted by molar-refractivity contribution is -0.157. The van der Waals surface area contributed by atoms with Crippen LogP contribution in [0.3, 0.4) is 0 Å². The smallest absolute Gasteiger partial charge is 0.305 e. The fourth-order valence-corrected chi connectivity index (χ4v) is 3.19. The van der Waals surface area contributed by atoms with Crippen LogP contribution in [0.1, 0.15) is 39.0 Å². The minimum absolute atomic E-state index is 0.0210. The van der Waals surface area contributed by atoms with Gasteiger partial charge in [-0.15, -0.1) is 0 Å². The van der Waals surface area contributed by atoms with Crippen molar-refractivity contribution in [1.29, 1.82) is 0 Å².